The minimum Gasteiger partial charge on any atom is -0.328 e. The number of carbonyl (C=O) groups excluding carboxylic acids is 2. The van der Waals surface area contributed by atoms with Gasteiger partial charge in [-0.15, -0.1) is 0 Å². The van der Waals surface area contributed by atoms with E-state index in [9.17, 15) is 9.59 Å². The lowest BCUT2D eigenvalue weighted by Crippen LogP contribution is -2.51. The van der Waals surface area contributed by atoms with E-state index in [1.807, 2.05) is 29.4 Å². The molecule has 1 aromatic carbocycles. The van der Waals surface area contributed by atoms with Gasteiger partial charge in [0.2, 0.25) is 5.91 Å². The van der Waals surface area contributed by atoms with Crippen molar-refractivity contribution in [3.8, 4) is 0 Å². The van der Waals surface area contributed by atoms with Crippen LogP contribution in [0.2, 0.25) is 0 Å². The van der Waals surface area contributed by atoms with Gasteiger partial charge in [0.05, 0.1) is 29.7 Å². The van der Waals surface area contributed by atoms with Crippen molar-refractivity contribution in [1.82, 2.24) is 34.9 Å². The van der Waals surface area contributed by atoms with Crippen LogP contribution in [-0.4, -0.2) is 54.7 Å². The van der Waals surface area contributed by atoms with Crippen molar-refractivity contribution in [3.05, 3.63) is 70.6 Å². The number of hydrogen-bond acceptors (Lipinski definition) is 5. The molecule has 1 fully saturated rings. The average molecular weight is 553 g/mol. The Morgan fingerprint density at radius 3 is 2.78 bits per heavy atom. The van der Waals surface area contributed by atoms with Gasteiger partial charge >= 0.3 is 6.03 Å². The van der Waals surface area contributed by atoms with E-state index in [1.165, 1.54) is 11.1 Å². The fourth-order valence-corrected chi connectivity index (χ4v) is 7.00. The molecule has 4 aromatic rings. The quantitative estimate of drug-likeness (QED) is 0.341. The average Bonchev–Trinajstić information content (AvgIpc) is 3.61. The molecule has 1 atom stereocenters. The minimum absolute atomic E-state index is 0.0130. The summed E-state index contributed by atoms with van der Waals surface area (Å²) in [5.41, 5.74) is 6.21. The number of amides is 3. The first-order chi connectivity index (χ1) is 19.6. The molecule has 0 radical (unpaired) electrons. The van der Waals surface area contributed by atoms with Crippen molar-refractivity contribution in [2.45, 2.75) is 71.4 Å². The lowest BCUT2D eigenvalue weighted by atomic mass is 9.74. The van der Waals surface area contributed by atoms with Crippen LogP contribution in [-0.2, 0) is 29.6 Å². The van der Waals surface area contributed by atoms with Crippen molar-refractivity contribution >= 4 is 28.7 Å². The number of fused-ring (bicyclic) bond motifs is 6. The molecule has 3 aliphatic rings. The Labute approximate surface area is 238 Å². The molecule has 6 heterocycles. The van der Waals surface area contributed by atoms with Crippen LogP contribution in [0.25, 0.3) is 10.9 Å². The van der Waals surface area contributed by atoms with E-state index in [1.54, 1.807) is 6.20 Å². The van der Waals surface area contributed by atoms with Gasteiger partial charge in [-0.25, -0.2) is 14.8 Å². The molecular weight excluding hydrogens is 516 g/mol. The highest BCUT2D eigenvalue weighted by atomic mass is 16.2. The van der Waals surface area contributed by atoms with Crippen LogP contribution >= 0.6 is 0 Å². The number of aryl methyl sites for hydroxylation is 1. The summed E-state index contributed by atoms with van der Waals surface area (Å²) in [7, 11) is 0. The number of pyridine rings is 1. The highest BCUT2D eigenvalue weighted by Crippen LogP contribution is 2.44. The molecule has 3 amide bonds. The van der Waals surface area contributed by atoms with Gasteiger partial charge in [0.15, 0.2) is 0 Å². The van der Waals surface area contributed by atoms with Crippen molar-refractivity contribution < 1.29 is 9.59 Å². The normalized spacial score (nSPS) is 19.5. The molecule has 0 aliphatic carbocycles. The first-order valence-electron chi connectivity index (χ1n) is 14.4. The Bertz CT molecular complexity index is 1690. The summed E-state index contributed by atoms with van der Waals surface area (Å²) in [6.45, 7) is 10.5. The van der Waals surface area contributed by atoms with Crippen LogP contribution in [0.5, 0.6) is 0 Å². The summed E-state index contributed by atoms with van der Waals surface area (Å²) in [5.74, 6) is 1.51. The van der Waals surface area contributed by atoms with Crippen molar-refractivity contribution in [1.29, 1.82) is 0 Å². The fraction of sp³-hybridized carbons (Fsp3) is 0.452. The lowest BCUT2D eigenvalue weighted by Gasteiger charge is -2.38. The second-order valence-corrected chi connectivity index (χ2v) is 13.1. The summed E-state index contributed by atoms with van der Waals surface area (Å²) in [6.07, 6.45) is 8.25. The molecule has 3 aromatic heterocycles. The topological polar surface area (TPSA) is 121 Å². The Morgan fingerprint density at radius 1 is 1.20 bits per heavy atom. The molecule has 10 nitrogen and oxygen atoms in total. The summed E-state index contributed by atoms with van der Waals surface area (Å²) in [4.78, 5) is 37.8. The van der Waals surface area contributed by atoms with Crippen LogP contribution in [0.3, 0.4) is 0 Å². The van der Waals surface area contributed by atoms with Gasteiger partial charge in [-0.1, -0.05) is 32.9 Å². The van der Waals surface area contributed by atoms with Gasteiger partial charge < -0.3 is 20.1 Å². The third-order valence-corrected chi connectivity index (χ3v) is 9.06. The number of urea groups is 1. The number of aromatic nitrogens is 5. The number of rotatable bonds is 2. The number of carbonyl (C=O) groups is 2. The number of piperidine rings is 1. The van der Waals surface area contributed by atoms with E-state index in [0.29, 0.717) is 44.7 Å². The number of nitrogens with one attached hydrogen (secondary N) is 3. The Balaban J connectivity index is 1.18. The summed E-state index contributed by atoms with van der Waals surface area (Å²) < 4.78 is 2.29. The molecule has 3 aliphatic heterocycles. The van der Waals surface area contributed by atoms with Crippen LogP contribution in [0.4, 0.5) is 10.6 Å². The number of hydrogen-bond donors (Lipinski definition) is 3. The zero-order valence-corrected chi connectivity index (χ0v) is 24.0. The van der Waals surface area contributed by atoms with E-state index in [4.69, 9.17) is 4.98 Å². The van der Waals surface area contributed by atoms with Gasteiger partial charge in [0.25, 0.3) is 0 Å². The molecule has 3 N–H and O–H groups in total. The number of anilines is 1. The number of imidazole rings is 1. The largest absolute Gasteiger partial charge is 0.328 e. The molecule has 0 bridgehead atoms. The Kier molecular flexibility index (Phi) is 5.75. The van der Waals surface area contributed by atoms with E-state index in [0.717, 1.165) is 40.0 Å². The fourth-order valence-electron chi connectivity index (χ4n) is 7.00. The first kappa shape index (κ1) is 25.7. The van der Waals surface area contributed by atoms with Crippen LogP contribution < -0.4 is 10.6 Å². The Hall–Kier alpha value is -4.21. The van der Waals surface area contributed by atoms with Gasteiger partial charge in [-0.3, -0.25) is 9.89 Å². The van der Waals surface area contributed by atoms with E-state index >= 15 is 0 Å². The minimum atomic E-state index is -0.618. The van der Waals surface area contributed by atoms with Crippen LogP contribution in [0.15, 0.2) is 36.8 Å². The molecule has 41 heavy (non-hydrogen) atoms. The SMILES string of the molecule is Cc1cc2c(c3cn[nH]c13)Cn1c(CC(C)(C)C)cnc1[C@H](NC(=O)N1CCC3(CC1)C(=O)Nc1ncccc13)C2. The zero-order valence-electron chi connectivity index (χ0n) is 24.0. The standard InChI is InChI=1S/C31H36N8O2/c1-18-12-19-13-24(27-33-15-20(14-30(2,3)4)39(27)17-22(19)21-16-34-37-25(18)21)35-29(41)38-10-7-31(8-11-38)23-6-5-9-32-26(23)36-28(31)40/h5-6,9,12,15-16,24H,7-8,10-11,13-14,17H2,1-4H3,(H,34,37)(H,35,41)(H,32,36,40)/t24-/m1/s1. The van der Waals surface area contributed by atoms with Gasteiger partial charge in [0.1, 0.15) is 11.6 Å². The lowest BCUT2D eigenvalue weighted by molar-refractivity contribution is -0.122. The predicted octanol–water partition coefficient (Wildman–Crippen LogP) is 4.39. The van der Waals surface area contributed by atoms with Gasteiger partial charge in [0, 0.05) is 48.5 Å². The van der Waals surface area contributed by atoms with Crippen LogP contribution in [0.1, 0.15) is 73.4 Å². The van der Waals surface area contributed by atoms with E-state index < -0.39 is 5.41 Å². The molecule has 0 unspecified atom stereocenters. The maximum absolute atomic E-state index is 13.8. The number of aromatic amines is 1. The smallest absolute Gasteiger partial charge is 0.317 e. The summed E-state index contributed by atoms with van der Waals surface area (Å²) in [6, 6.07) is 5.67. The van der Waals surface area contributed by atoms with Gasteiger partial charge in [-0.2, -0.15) is 5.10 Å². The molecule has 1 saturated heterocycles. The zero-order chi connectivity index (χ0) is 28.5. The second kappa shape index (κ2) is 9.15. The molecular formula is C31H36N8O2. The maximum Gasteiger partial charge on any atom is 0.317 e. The number of likely N-dealkylation sites (tertiary alicyclic amines) is 1. The number of H-pyrrole nitrogens is 1. The maximum atomic E-state index is 13.8. The number of nitrogens with zero attached hydrogens (tertiary/aromatic N) is 5. The summed E-state index contributed by atoms with van der Waals surface area (Å²) >= 11 is 0. The predicted molar refractivity (Wildman–Crippen MR) is 156 cm³/mol. The highest BCUT2D eigenvalue weighted by molar-refractivity contribution is 6.05. The monoisotopic (exact) mass is 552 g/mol. The molecule has 0 saturated carbocycles. The van der Waals surface area contributed by atoms with E-state index in [2.05, 4.69) is 64.1 Å². The molecule has 10 heteroatoms. The van der Waals surface area contributed by atoms with Gasteiger partial charge in [-0.05, 0) is 54.4 Å². The molecule has 7 rings (SSSR count). The Morgan fingerprint density at radius 2 is 2.00 bits per heavy atom. The molecule has 1 spiro atoms. The van der Waals surface area contributed by atoms with Crippen LogP contribution in [0, 0.1) is 12.3 Å². The third kappa shape index (κ3) is 4.19. The highest BCUT2D eigenvalue weighted by Gasteiger charge is 2.49. The van der Waals surface area contributed by atoms with E-state index in [-0.39, 0.29) is 23.4 Å². The van der Waals surface area contributed by atoms with Crippen molar-refractivity contribution in [2.75, 3.05) is 18.4 Å². The third-order valence-electron chi connectivity index (χ3n) is 9.06. The first-order valence-corrected chi connectivity index (χ1v) is 14.4. The van der Waals surface area contributed by atoms with Crippen molar-refractivity contribution in [3.63, 3.8) is 0 Å². The second-order valence-electron chi connectivity index (χ2n) is 13.1. The summed E-state index contributed by atoms with van der Waals surface area (Å²) in [5, 5.41) is 14.9. The molecule has 212 valence electrons. The van der Waals surface area contributed by atoms with Crippen molar-refractivity contribution in [2.24, 2.45) is 5.41 Å². The number of benzene rings is 1.